The van der Waals surface area contributed by atoms with Crippen molar-refractivity contribution in [2.24, 2.45) is 0 Å². The van der Waals surface area contributed by atoms with E-state index in [0.29, 0.717) is 33.4 Å². The van der Waals surface area contributed by atoms with Crippen molar-refractivity contribution in [3.63, 3.8) is 0 Å². The third-order valence-electron chi connectivity index (χ3n) is 7.25. The van der Waals surface area contributed by atoms with Crippen LogP contribution in [-0.4, -0.2) is 22.2 Å². The first-order chi connectivity index (χ1) is 20.2. The van der Waals surface area contributed by atoms with Crippen LogP contribution in [0.5, 0.6) is 11.5 Å². The fourth-order valence-electron chi connectivity index (χ4n) is 4.92. The topological polar surface area (TPSA) is 93.1 Å². The fraction of sp³-hybridized carbons (Fsp3) is 0.297. The highest BCUT2D eigenvalue weighted by Gasteiger charge is 2.25. The quantitative estimate of drug-likeness (QED) is 0.205. The van der Waals surface area contributed by atoms with Crippen molar-refractivity contribution >= 4 is 11.9 Å². The van der Waals surface area contributed by atoms with Crippen LogP contribution < -0.4 is 0 Å². The van der Waals surface area contributed by atoms with Gasteiger partial charge in [0, 0.05) is 6.42 Å². The maximum atomic E-state index is 12.6. The van der Waals surface area contributed by atoms with Crippen molar-refractivity contribution in [2.45, 2.75) is 72.0 Å². The van der Waals surface area contributed by atoms with Gasteiger partial charge in [-0.3, -0.25) is 0 Å². The molecule has 0 radical (unpaired) electrons. The monoisotopic (exact) mass is 580 g/mol. The zero-order valence-electron chi connectivity index (χ0n) is 25.7. The third kappa shape index (κ3) is 7.83. The second-order valence-corrected chi connectivity index (χ2v) is 12.9. The van der Waals surface area contributed by atoms with Gasteiger partial charge in [-0.1, -0.05) is 77.9 Å². The lowest BCUT2D eigenvalue weighted by atomic mass is 9.81. The number of aromatic hydroxyl groups is 2. The zero-order valence-corrected chi connectivity index (χ0v) is 25.7. The molecule has 2 N–H and O–H groups in total. The van der Waals surface area contributed by atoms with E-state index in [0.717, 1.165) is 11.1 Å². The minimum absolute atomic E-state index is 0.0266. The molecule has 4 aromatic carbocycles. The molecule has 0 amide bonds. The lowest BCUT2D eigenvalue weighted by Crippen LogP contribution is -2.15. The predicted octanol–water partition coefficient (Wildman–Crippen LogP) is 8.00. The lowest BCUT2D eigenvalue weighted by Gasteiger charge is -2.25. The van der Waals surface area contributed by atoms with E-state index < -0.39 is 22.8 Å². The summed E-state index contributed by atoms with van der Waals surface area (Å²) in [7, 11) is 0. The number of esters is 2. The molecule has 6 nitrogen and oxygen atoms in total. The van der Waals surface area contributed by atoms with Crippen LogP contribution in [0, 0.1) is 0 Å². The van der Waals surface area contributed by atoms with Gasteiger partial charge in [0.25, 0.3) is 0 Å². The van der Waals surface area contributed by atoms with Gasteiger partial charge >= 0.3 is 11.9 Å². The Balaban J connectivity index is 1.67. The van der Waals surface area contributed by atoms with Gasteiger partial charge in [0.2, 0.25) is 0 Å². The average Bonchev–Trinajstić information content (AvgIpc) is 2.97. The summed E-state index contributed by atoms with van der Waals surface area (Å²) in [5.41, 5.74) is 4.17. The molecule has 0 aromatic heterocycles. The molecule has 0 aliphatic heterocycles. The summed E-state index contributed by atoms with van der Waals surface area (Å²) in [6.45, 7) is 12.1. The summed E-state index contributed by atoms with van der Waals surface area (Å²) in [4.78, 5) is 25.2. The van der Waals surface area contributed by atoms with Crippen LogP contribution in [0.1, 0.15) is 95.6 Å². The molecular formula is C37H40O6. The second kappa shape index (κ2) is 12.7. The van der Waals surface area contributed by atoms with Gasteiger partial charge < -0.3 is 19.7 Å². The molecular weight excluding hydrogens is 540 g/mol. The number of carbonyl (C=O) groups excluding carboxylic acids is 2. The van der Waals surface area contributed by atoms with Crippen LogP contribution in [0.3, 0.4) is 0 Å². The van der Waals surface area contributed by atoms with Crippen molar-refractivity contribution in [1.29, 1.82) is 0 Å². The summed E-state index contributed by atoms with van der Waals surface area (Å²) >= 11 is 0. The van der Waals surface area contributed by atoms with Gasteiger partial charge in [-0.05, 0) is 92.7 Å². The molecule has 0 spiro atoms. The first kappa shape index (κ1) is 31.4. The van der Waals surface area contributed by atoms with Crippen molar-refractivity contribution in [1.82, 2.24) is 0 Å². The molecule has 0 unspecified atom stereocenters. The van der Waals surface area contributed by atoms with Crippen molar-refractivity contribution in [3.8, 4) is 11.5 Å². The Kier molecular flexibility index (Phi) is 9.29. The maximum absolute atomic E-state index is 12.6. The van der Waals surface area contributed by atoms with Crippen molar-refractivity contribution in [3.05, 3.63) is 129 Å². The van der Waals surface area contributed by atoms with E-state index >= 15 is 0 Å². The summed E-state index contributed by atoms with van der Waals surface area (Å²) in [5, 5.41) is 22.8. The van der Waals surface area contributed by atoms with E-state index in [1.165, 1.54) is 0 Å². The summed E-state index contributed by atoms with van der Waals surface area (Å²) in [6.07, 6.45) is 0.213. The minimum atomic E-state index is -0.433. The standard InChI is InChI=1S/C37H40O6/c1-36(2,3)30-19-24(22-42-34(40)26-13-9-7-10-14-26)17-28(32(30)38)21-29-18-25(20-31(33(29)39)37(4,5)6)23-43-35(41)27-15-11-8-12-16-27/h7-20,38-39H,21-23H2,1-6H3. The van der Waals surface area contributed by atoms with Crippen LogP contribution >= 0.6 is 0 Å². The smallest absolute Gasteiger partial charge is 0.338 e. The second-order valence-electron chi connectivity index (χ2n) is 12.9. The molecule has 0 atom stereocenters. The van der Waals surface area contributed by atoms with Gasteiger partial charge in [0.05, 0.1) is 11.1 Å². The Morgan fingerprint density at radius 1 is 0.581 bits per heavy atom. The Bertz CT molecular complexity index is 1470. The molecule has 0 saturated carbocycles. The van der Waals surface area contributed by atoms with Crippen molar-refractivity contribution < 1.29 is 29.3 Å². The number of rotatable bonds is 8. The number of hydrogen-bond donors (Lipinski definition) is 2. The zero-order chi connectivity index (χ0) is 31.4. The lowest BCUT2D eigenvalue weighted by molar-refractivity contribution is 0.0464. The van der Waals surface area contributed by atoms with Crippen molar-refractivity contribution in [2.75, 3.05) is 0 Å². The Morgan fingerprint density at radius 3 is 1.26 bits per heavy atom. The van der Waals surface area contributed by atoms with Gasteiger partial charge in [-0.15, -0.1) is 0 Å². The Labute approximate surface area is 253 Å². The van der Waals surface area contributed by atoms with E-state index in [-0.39, 0.29) is 31.1 Å². The van der Waals surface area contributed by atoms with Crippen LogP contribution in [0.4, 0.5) is 0 Å². The van der Waals surface area contributed by atoms with E-state index in [4.69, 9.17) is 9.47 Å². The maximum Gasteiger partial charge on any atom is 0.338 e. The predicted molar refractivity (Wildman–Crippen MR) is 168 cm³/mol. The molecule has 0 aliphatic carbocycles. The van der Waals surface area contributed by atoms with E-state index in [1.807, 2.05) is 65.8 Å². The molecule has 0 fully saturated rings. The molecule has 4 rings (SSSR count). The summed E-state index contributed by atoms with van der Waals surface area (Å²) in [5.74, 6) is -0.609. The van der Waals surface area contributed by atoms with Gasteiger partial charge in [0.15, 0.2) is 0 Å². The number of hydrogen-bond acceptors (Lipinski definition) is 6. The van der Waals surface area contributed by atoms with Gasteiger partial charge in [0.1, 0.15) is 24.7 Å². The van der Waals surface area contributed by atoms with Crippen LogP contribution in [0.25, 0.3) is 0 Å². The van der Waals surface area contributed by atoms with E-state index in [1.54, 1.807) is 60.7 Å². The molecule has 0 heterocycles. The highest BCUT2D eigenvalue weighted by molar-refractivity contribution is 5.89. The first-order valence-corrected chi connectivity index (χ1v) is 14.4. The molecule has 0 aliphatic rings. The summed E-state index contributed by atoms with van der Waals surface area (Å²) < 4.78 is 11.2. The number of ether oxygens (including phenoxy) is 2. The number of phenols is 2. The highest BCUT2D eigenvalue weighted by Crippen LogP contribution is 2.39. The average molecular weight is 581 g/mol. The number of benzene rings is 4. The molecule has 6 heteroatoms. The van der Waals surface area contributed by atoms with Crippen LogP contribution in [0.2, 0.25) is 0 Å². The molecule has 0 saturated heterocycles. The minimum Gasteiger partial charge on any atom is -0.507 e. The largest absolute Gasteiger partial charge is 0.507 e. The molecule has 0 bridgehead atoms. The Hall–Kier alpha value is -4.58. The van der Waals surface area contributed by atoms with Crippen LogP contribution in [0.15, 0.2) is 84.9 Å². The summed E-state index contributed by atoms with van der Waals surface area (Å²) in [6, 6.07) is 24.9. The molecule has 43 heavy (non-hydrogen) atoms. The number of carbonyl (C=O) groups is 2. The number of phenolic OH excluding ortho intramolecular Hbond substituents is 2. The normalized spacial score (nSPS) is 11.7. The van der Waals surface area contributed by atoms with Gasteiger partial charge in [-0.25, -0.2) is 9.59 Å². The van der Waals surface area contributed by atoms with Crippen LogP contribution in [-0.2, 0) is 39.9 Å². The Morgan fingerprint density at radius 2 is 0.930 bits per heavy atom. The SMILES string of the molecule is CC(C)(C)c1cc(COC(=O)c2ccccc2)cc(Cc2cc(COC(=O)c3ccccc3)cc(C(C)(C)C)c2O)c1O. The van der Waals surface area contributed by atoms with E-state index in [2.05, 4.69) is 0 Å². The molecule has 224 valence electrons. The fourth-order valence-corrected chi connectivity index (χ4v) is 4.92. The first-order valence-electron chi connectivity index (χ1n) is 14.4. The van der Waals surface area contributed by atoms with E-state index in [9.17, 15) is 19.8 Å². The van der Waals surface area contributed by atoms with Gasteiger partial charge in [-0.2, -0.15) is 0 Å². The third-order valence-corrected chi connectivity index (χ3v) is 7.25. The molecule has 4 aromatic rings. The highest BCUT2D eigenvalue weighted by atomic mass is 16.5.